The number of ketones is 1. The van der Waals surface area contributed by atoms with Crippen molar-refractivity contribution in [3.05, 3.63) is 59.2 Å². The molecule has 1 aliphatic rings. The second kappa shape index (κ2) is 10.4. The first-order chi connectivity index (χ1) is 15.3. The van der Waals surface area contributed by atoms with Gasteiger partial charge in [-0.25, -0.2) is 0 Å². The van der Waals surface area contributed by atoms with Crippen molar-refractivity contribution in [3.8, 4) is 0 Å². The summed E-state index contributed by atoms with van der Waals surface area (Å²) in [6.45, 7) is 10.4. The van der Waals surface area contributed by atoms with Crippen LogP contribution in [-0.2, 0) is 9.59 Å². The Morgan fingerprint density at radius 2 is 1.53 bits per heavy atom. The molecule has 0 spiro atoms. The van der Waals surface area contributed by atoms with Crippen LogP contribution in [0, 0.1) is 13.8 Å². The summed E-state index contributed by atoms with van der Waals surface area (Å²) in [5.41, 5.74) is 4.57. The van der Waals surface area contributed by atoms with Gasteiger partial charge in [-0.3, -0.25) is 19.3 Å². The van der Waals surface area contributed by atoms with Crippen molar-refractivity contribution in [1.82, 2.24) is 10.2 Å². The topological polar surface area (TPSA) is 81.8 Å². The van der Waals surface area contributed by atoms with Crippen LogP contribution in [0.3, 0.4) is 0 Å². The molecular formula is C25H32N4O3. The summed E-state index contributed by atoms with van der Waals surface area (Å²) in [7, 11) is 0. The highest BCUT2D eigenvalue weighted by Crippen LogP contribution is 2.20. The molecule has 1 heterocycles. The molecule has 1 aliphatic heterocycles. The molecule has 0 aromatic heterocycles. The van der Waals surface area contributed by atoms with Crippen LogP contribution in [0.25, 0.3) is 0 Å². The first-order valence-electron chi connectivity index (χ1n) is 11.0. The van der Waals surface area contributed by atoms with Gasteiger partial charge in [0.05, 0.1) is 12.6 Å². The van der Waals surface area contributed by atoms with Gasteiger partial charge in [0.25, 0.3) is 0 Å². The number of carbonyl (C=O) groups excluding carboxylic acids is 3. The van der Waals surface area contributed by atoms with Crippen LogP contribution in [0.15, 0.2) is 42.5 Å². The summed E-state index contributed by atoms with van der Waals surface area (Å²) in [6, 6.07) is 13.2. The Bertz CT molecular complexity index is 959. The SMILES string of the molecule is CC(=O)c1ccc(N2CCN([C@@H](C)C(=O)NCC(=O)Nc3c(C)cccc3C)CC2)cc1. The normalized spacial score (nSPS) is 15.2. The van der Waals surface area contributed by atoms with Crippen molar-refractivity contribution in [1.29, 1.82) is 0 Å². The maximum absolute atomic E-state index is 12.6. The number of nitrogens with one attached hydrogen (secondary N) is 2. The molecule has 2 N–H and O–H groups in total. The summed E-state index contributed by atoms with van der Waals surface area (Å²) in [5.74, 6) is -0.327. The summed E-state index contributed by atoms with van der Waals surface area (Å²) in [5, 5.41) is 5.65. The lowest BCUT2D eigenvalue weighted by Crippen LogP contribution is -2.54. The Morgan fingerprint density at radius 3 is 2.09 bits per heavy atom. The van der Waals surface area contributed by atoms with E-state index in [1.807, 2.05) is 63.2 Å². The minimum absolute atomic E-state index is 0.0561. The van der Waals surface area contributed by atoms with Crippen molar-refractivity contribution in [2.75, 3.05) is 42.9 Å². The van der Waals surface area contributed by atoms with Crippen molar-refractivity contribution in [2.24, 2.45) is 0 Å². The van der Waals surface area contributed by atoms with E-state index in [0.29, 0.717) is 5.56 Å². The number of benzene rings is 2. The first-order valence-corrected chi connectivity index (χ1v) is 11.0. The molecule has 2 aromatic rings. The molecule has 2 aromatic carbocycles. The Morgan fingerprint density at radius 1 is 0.938 bits per heavy atom. The summed E-state index contributed by atoms with van der Waals surface area (Å²) in [6.07, 6.45) is 0. The zero-order valence-electron chi connectivity index (χ0n) is 19.3. The molecule has 0 saturated carbocycles. The monoisotopic (exact) mass is 436 g/mol. The fourth-order valence-electron chi connectivity index (χ4n) is 3.95. The van der Waals surface area contributed by atoms with Crippen molar-refractivity contribution >= 4 is 29.0 Å². The maximum Gasteiger partial charge on any atom is 0.243 e. The molecule has 1 saturated heterocycles. The maximum atomic E-state index is 12.6. The zero-order valence-corrected chi connectivity index (χ0v) is 19.3. The van der Waals surface area contributed by atoms with Crippen LogP contribution >= 0.6 is 0 Å². The molecule has 3 rings (SSSR count). The van der Waals surface area contributed by atoms with E-state index in [4.69, 9.17) is 0 Å². The van der Waals surface area contributed by atoms with Gasteiger partial charge in [0.1, 0.15) is 0 Å². The largest absolute Gasteiger partial charge is 0.369 e. The van der Waals surface area contributed by atoms with Crippen LogP contribution in [-0.4, -0.2) is 61.3 Å². The Kier molecular flexibility index (Phi) is 7.64. The number of rotatable bonds is 7. The highest BCUT2D eigenvalue weighted by Gasteiger charge is 2.26. The number of hydrogen-bond donors (Lipinski definition) is 2. The lowest BCUT2D eigenvalue weighted by atomic mass is 10.1. The van der Waals surface area contributed by atoms with Gasteiger partial charge in [0.15, 0.2) is 5.78 Å². The average Bonchev–Trinajstić information content (AvgIpc) is 2.79. The standard InChI is InChI=1S/C25H32N4O3/c1-17-6-5-7-18(2)24(17)27-23(31)16-26-25(32)19(3)28-12-14-29(15-13-28)22-10-8-21(9-11-22)20(4)30/h5-11,19H,12-16H2,1-4H3,(H,26,32)(H,27,31)/t19-/m0/s1. The number of hydrogen-bond acceptors (Lipinski definition) is 5. The highest BCUT2D eigenvalue weighted by atomic mass is 16.2. The second-order valence-corrected chi connectivity index (χ2v) is 8.33. The molecule has 32 heavy (non-hydrogen) atoms. The smallest absolute Gasteiger partial charge is 0.243 e. The predicted octanol–water partition coefficient (Wildman–Crippen LogP) is 2.77. The third kappa shape index (κ3) is 5.73. The molecule has 0 bridgehead atoms. The van der Waals surface area contributed by atoms with Gasteiger partial charge in [-0.1, -0.05) is 18.2 Å². The van der Waals surface area contributed by atoms with Gasteiger partial charge in [-0.2, -0.15) is 0 Å². The minimum Gasteiger partial charge on any atom is -0.369 e. The Hall–Kier alpha value is -3.19. The fraction of sp³-hybridized carbons (Fsp3) is 0.400. The first kappa shape index (κ1) is 23.5. The van der Waals surface area contributed by atoms with E-state index in [0.717, 1.165) is 48.7 Å². The number of amides is 2. The molecule has 170 valence electrons. The number of Topliss-reactive ketones (excluding diaryl/α,β-unsaturated/α-hetero) is 1. The molecule has 0 unspecified atom stereocenters. The van der Waals surface area contributed by atoms with Crippen molar-refractivity contribution in [2.45, 2.75) is 33.7 Å². The second-order valence-electron chi connectivity index (χ2n) is 8.33. The predicted molar refractivity (Wildman–Crippen MR) is 127 cm³/mol. The van der Waals surface area contributed by atoms with Crippen LogP contribution in [0.5, 0.6) is 0 Å². The van der Waals surface area contributed by atoms with E-state index in [1.54, 1.807) is 6.92 Å². The number of aryl methyl sites for hydroxylation is 2. The van der Waals surface area contributed by atoms with Gasteiger partial charge in [-0.15, -0.1) is 0 Å². The Labute approximate surface area is 189 Å². The van der Waals surface area contributed by atoms with E-state index in [1.165, 1.54) is 0 Å². The third-order valence-corrected chi connectivity index (χ3v) is 6.05. The van der Waals surface area contributed by atoms with Crippen LogP contribution in [0.2, 0.25) is 0 Å². The van der Waals surface area contributed by atoms with Crippen molar-refractivity contribution in [3.63, 3.8) is 0 Å². The molecule has 2 amide bonds. The van der Waals surface area contributed by atoms with Gasteiger partial charge in [-0.05, 0) is 63.1 Å². The quantitative estimate of drug-likeness (QED) is 0.653. The number of nitrogens with zero attached hydrogens (tertiary/aromatic N) is 2. The summed E-state index contributed by atoms with van der Waals surface area (Å²) in [4.78, 5) is 40.8. The average molecular weight is 437 g/mol. The van der Waals surface area contributed by atoms with E-state index >= 15 is 0 Å². The molecule has 7 heteroatoms. The van der Waals surface area contributed by atoms with Gasteiger partial charge >= 0.3 is 0 Å². The van der Waals surface area contributed by atoms with E-state index in [9.17, 15) is 14.4 Å². The minimum atomic E-state index is -0.315. The lowest BCUT2D eigenvalue weighted by molar-refractivity contribution is -0.128. The van der Waals surface area contributed by atoms with E-state index < -0.39 is 0 Å². The molecule has 1 atom stereocenters. The lowest BCUT2D eigenvalue weighted by Gasteiger charge is -2.38. The van der Waals surface area contributed by atoms with Crippen molar-refractivity contribution < 1.29 is 14.4 Å². The summed E-state index contributed by atoms with van der Waals surface area (Å²) >= 11 is 0. The number of piperazine rings is 1. The number of anilines is 2. The van der Waals surface area contributed by atoms with Crippen LogP contribution < -0.4 is 15.5 Å². The van der Waals surface area contributed by atoms with E-state index in [2.05, 4.69) is 20.4 Å². The number of carbonyl (C=O) groups is 3. The number of para-hydroxylation sites is 1. The molecule has 7 nitrogen and oxygen atoms in total. The molecular weight excluding hydrogens is 404 g/mol. The Balaban J connectivity index is 1.46. The van der Waals surface area contributed by atoms with Gasteiger partial charge in [0, 0.05) is 43.1 Å². The molecule has 0 radical (unpaired) electrons. The zero-order chi connectivity index (χ0) is 23.3. The molecule has 0 aliphatic carbocycles. The molecule has 1 fully saturated rings. The highest BCUT2D eigenvalue weighted by molar-refractivity contribution is 5.96. The van der Waals surface area contributed by atoms with Gasteiger partial charge in [0.2, 0.25) is 11.8 Å². The van der Waals surface area contributed by atoms with Gasteiger partial charge < -0.3 is 15.5 Å². The fourth-order valence-corrected chi connectivity index (χ4v) is 3.95. The van der Waals surface area contributed by atoms with E-state index in [-0.39, 0.29) is 30.2 Å². The van der Waals surface area contributed by atoms with Crippen LogP contribution in [0.1, 0.15) is 35.3 Å². The van der Waals surface area contributed by atoms with Crippen LogP contribution in [0.4, 0.5) is 11.4 Å². The summed E-state index contributed by atoms with van der Waals surface area (Å²) < 4.78 is 0. The third-order valence-electron chi connectivity index (χ3n) is 6.05.